The fourth-order valence-corrected chi connectivity index (χ4v) is 2.89. The van der Waals surface area contributed by atoms with Crippen LogP contribution in [0.25, 0.3) is 0 Å². The number of rotatable bonds is 7. The van der Waals surface area contributed by atoms with Gasteiger partial charge in [0.05, 0.1) is 19.8 Å². The van der Waals surface area contributed by atoms with E-state index < -0.39 is 0 Å². The summed E-state index contributed by atoms with van der Waals surface area (Å²) in [6.45, 7) is 7.28. The number of benzene rings is 1. The van der Waals surface area contributed by atoms with Gasteiger partial charge in [-0.2, -0.15) is 0 Å². The van der Waals surface area contributed by atoms with Gasteiger partial charge in [-0.15, -0.1) is 0 Å². The second-order valence-electron chi connectivity index (χ2n) is 6.18. The number of nitrogens with one attached hydrogen (secondary N) is 1. The summed E-state index contributed by atoms with van der Waals surface area (Å²) in [5, 5.41) is 3.23. The first-order valence-corrected chi connectivity index (χ1v) is 9.00. The molecule has 1 saturated heterocycles. The van der Waals surface area contributed by atoms with Crippen molar-refractivity contribution in [2.45, 2.75) is 20.0 Å². The molecule has 6 nitrogen and oxygen atoms in total. The maximum atomic E-state index is 12.0. The van der Waals surface area contributed by atoms with Crippen LogP contribution in [0, 0.1) is 0 Å². The Bertz CT molecular complexity index is 712. The van der Waals surface area contributed by atoms with E-state index in [0.717, 1.165) is 38.4 Å². The number of morpholine rings is 1. The fourth-order valence-electron chi connectivity index (χ4n) is 2.89. The predicted molar refractivity (Wildman–Crippen MR) is 100 cm³/mol. The second kappa shape index (κ2) is 9.31. The molecule has 1 aliphatic heterocycles. The highest BCUT2D eigenvalue weighted by Crippen LogP contribution is 2.15. The van der Waals surface area contributed by atoms with Crippen molar-refractivity contribution in [3.63, 3.8) is 0 Å². The molecule has 0 bridgehead atoms. The maximum absolute atomic E-state index is 12.0. The number of carbonyl (C=O) groups is 1. The molecular weight excluding hydrogens is 330 g/mol. The predicted octanol–water partition coefficient (Wildman–Crippen LogP) is 2.70. The molecule has 138 valence electrons. The third kappa shape index (κ3) is 5.03. The van der Waals surface area contributed by atoms with Crippen LogP contribution >= 0.6 is 0 Å². The van der Waals surface area contributed by atoms with Crippen molar-refractivity contribution < 1.29 is 14.3 Å². The standard InChI is InChI=1S/C20H25N3O3/c1-2-26-20(24)18-4-3-9-21-19(18)22-14-16-5-7-17(8-6-16)15-23-10-12-25-13-11-23/h3-9H,2,10-15H2,1H3,(H,21,22). The van der Waals surface area contributed by atoms with Crippen molar-refractivity contribution in [3.05, 3.63) is 59.3 Å². The zero-order valence-corrected chi connectivity index (χ0v) is 15.1. The molecule has 0 unspecified atom stereocenters. The van der Waals surface area contributed by atoms with Crippen molar-refractivity contribution in [2.75, 3.05) is 38.2 Å². The van der Waals surface area contributed by atoms with E-state index in [2.05, 4.69) is 39.5 Å². The van der Waals surface area contributed by atoms with Gasteiger partial charge >= 0.3 is 5.97 Å². The van der Waals surface area contributed by atoms with Crippen LogP contribution in [0.3, 0.4) is 0 Å². The van der Waals surface area contributed by atoms with Crippen LogP contribution in [-0.4, -0.2) is 48.8 Å². The Labute approximate surface area is 154 Å². The van der Waals surface area contributed by atoms with E-state index in [1.54, 1.807) is 25.3 Å². The van der Waals surface area contributed by atoms with E-state index in [-0.39, 0.29) is 5.97 Å². The largest absolute Gasteiger partial charge is 0.462 e. The van der Waals surface area contributed by atoms with E-state index in [0.29, 0.717) is 24.5 Å². The minimum Gasteiger partial charge on any atom is -0.462 e. The van der Waals surface area contributed by atoms with Gasteiger partial charge in [-0.1, -0.05) is 24.3 Å². The maximum Gasteiger partial charge on any atom is 0.341 e. The molecule has 2 aromatic rings. The van der Waals surface area contributed by atoms with Gasteiger partial charge in [0.2, 0.25) is 0 Å². The Morgan fingerprint density at radius 3 is 2.65 bits per heavy atom. The Hall–Kier alpha value is -2.44. The van der Waals surface area contributed by atoms with E-state index in [1.165, 1.54) is 5.56 Å². The number of ether oxygens (including phenoxy) is 2. The monoisotopic (exact) mass is 355 g/mol. The van der Waals surface area contributed by atoms with Crippen LogP contribution in [0.1, 0.15) is 28.4 Å². The second-order valence-corrected chi connectivity index (χ2v) is 6.18. The highest BCUT2D eigenvalue weighted by atomic mass is 16.5. The summed E-state index contributed by atoms with van der Waals surface area (Å²) in [6.07, 6.45) is 1.66. The third-order valence-corrected chi connectivity index (χ3v) is 4.30. The number of anilines is 1. The highest BCUT2D eigenvalue weighted by molar-refractivity contribution is 5.94. The number of hydrogen-bond donors (Lipinski definition) is 1. The van der Waals surface area contributed by atoms with Gasteiger partial charge < -0.3 is 14.8 Å². The fraction of sp³-hybridized carbons (Fsp3) is 0.400. The quantitative estimate of drug-likeness (QED) is 0.771. The molecule has 0 atom stereocenters. The van der Waals surface area contributed by atoms with Crippen molar-refractivity contribution >= 4 is 11.8 Å². The molecule has 1 aromatic heterocycles. The minimum absolute atomic E-state index is 0.345. The van der Waals surface area contributed by atoms with Gasteiger partial charge in [-0.3, -0.25) is 4.90 Å². The average Bonchev–Trinajstić information content (AvgIpc) is 2.69. The summed E-state index contributed by atoms with van der Waals surface area (Å²) in [6, 6.07) is 12.0. The SMILES string of the molecule is CCOC(=O)c1cccnc1NCc1ccc(CN2CCOCC2)cc1. The Morgan fingerprint density at radius 2 is 1.92 bits per heavy atom. The van der Waals surface area contributed by atoms with Crippen molar-refractivity contribution in [3.8, 4) is 0 Å². The van der Waals surface area contributed by atoms with Crippen LogP contribution < -0.4 is 5.32 Å². The molecule has 3 rings (SSSR count). The summed E-state index contributed by atoms with van der Waals surface area (Å²) in [7, 11) is 0. The molecule has 0 radical (unpaired) electrons. The molecule has 0 amide bonds. The number of pyridine rings is 1. The van der Waals surface area contributed by atoms with Gasteiger partial charge in [-0.25, -0.2) is 9.78 Å². The normalized spacial score (nSPS) is 14.8. The Balaban J connectivity index is 1.57. The number of nitrogens with zero attached hydrogens (tertiary/aromatic N) is 2. The lowest BCUT2D eigenvalue weighted by atomic mass is 10.1. The van der Waals surface area contributed by atoms with Crippen LogP contribution in [0.2, 0.25) is 0 Å². The lowest BCUT2D eigenvalue weighted by Gasteiger charge is -2.26. The number of esters is 1. The summed E-state index contributed by atoms with van der Waals surface area (Å²) >= 11 is 0. The van der Waals surface area contributed by atoms with E-state index in [9.17, 15) is 4.79 Å². The van der Waals surface area contributed by atoms with Crippen LogP contribution in [-0.2, 0) is 22.6 Å². The summed E-state index contributed by atoms with van der Waals surface area (Å²) in [4.78, 5) is 18.7. The van der Waals surface area contributed by atoms with Crippen LogP contribution in [0.5, 0.6) is 0 Å². The average molecular weight is 355 g/mol. The first-order chi connectivity index (χ1) is 12.8. The van der Waals surface area contributed by atoms with Gasteiger partial charge in [0.25, 0.3) is 0 Å². The van der Waals surface area contributed by atoms with Crippen LogP contribution in [0.15, 0.2) is 42.6 Å². The highest BCUT2D eigenvalue weighted by Gasteiger charge is 2.13. The lowest BCUT2D eigenvalue weighted by Crippen LogP contribution is -2.35. The summed E-state index contributed by atoms with van der Waals surface area (Å²) in [5.41, 5.74) is 2.88. The zero-order chi connectivity index (χ0) is 18.2. The molecule has 0 spiro atoms. The van der Waals surface area contributed by atoms with Gasteiger partial charge in [0, 0.05) is 32.4 Å². The third-order valence-electron chi connectivity index (χ3n) is 4.30. The first-order valence-electron chi connectivity index (χ1n) is 9.00. The van der Waals surface area contributed by atoms with E-state index in [4.69, 9.17) is 9.47 Å². The number of aromatic nitrogens is 1. The van der Waals surface area contributed by atoms with Crippen molar-refractivity contribution in [1.29, 1.82) is 0 Å². The van der Waals surface area contributed by atoms with Gasteiger partial charge in [0.1, 0.15) is 11.4 Å². The molecule has 0 saturated carbocycles. The Kier molecular flexibility index (Phi) is 6.57. The van der Waals surface area contributed by atoms with Crippen LogP contribution in [0.4, 0.5) is 5.82 Å². The summed E-state index contributed by atoms with van der Waals surface area (Å²) < 4.78 is 10.5. The first kappa shape index (κ1) is 18.4. The van der Waals surface area contributed by atoms with Crippen molar-refractivity contribution in [1.82, 2.24) is 9.88 Å². The van der Waals surface area contributed by atoms with Gasteiger partial charge in [0.15, 0.2) is 0 Å². The smallest absolute Gasteiger partial charge is 0.341 e. The number of hydrogen-bond acceptors (Lipinski definition) is 6. The summed E-state index contributed by atoms with van der Waals surface area (Å²) in [5.74, 6) is 0.187. The molecule has 26 heavy (non-hydrogen) atoms. The van der Waals surface area contributed by atoms with Gasteiger partial charge in [-0.05, 0) is 30.2 Å². The van der Waals surface area contributed by atoms with E-state index in [1.807, 2.05) is 0 Å². The molecule has 2 heterocycles. The molecule has 1 aromatic carbocycles. The molecule has 1 fully saturated rings. The zero-order valence-electron chi connectivity index (χ0n) is 15.1. The molecule has 0 aliphatic carbocycles. The molecule has 1 N–H and O–H groups in total. The molecule has 1 aliphatic rings. The van der Waals surface area contributed by atoms with Crippen molar-refractivity contribution in [2.24, 2.45) is 0 Å². The van der Waals surface area contributed by atoms with E-state index >= 15 is 0 Å². The number of carbonyl (C=O) groups excluding carboxylic acids is 1. The minimum atomic E-state index is -0.357. The molecular formula is C20H25N3O3. The lowest BCUT2D eigenvalue weighted by molar-refractivity contribution is 0.0342. The molecule has 6 heteroatoms. The Morgan fingerprint density at radius 1 is 1.19 bits per heavy atom. The topological polar surface area (TPSA) is 63.7 Å².